The van der Waals surface area contributed by atoms with Crippen molar-refractivity contribution in [3.05, 3.63) is 47.7 Å². The monoisotopic (exact) mass is 510 g/mol. The number of guanidine groups is 2. The molecule has 0 amide bonds. The van der Waals surface area contributed by atoms with E-state index >= 15 is 0 Å². The number of carbonyl (C=O) groups excluding carboxylic acids is 1. The van der Waals surface area contributed by atoms with Gasteiger partial charge in [0.2, 0.25) is 11.5 Å². The highest BCUT2D eigenvalue weighted by atomic mass is 19.4. The van der Waals surface area contributed by atoms with E-state index in [1.807, 2.05) is 0 Å². The molecule has 3 aliphatic rings. The zero-order valence-electron chi connectivity index (χ0n) is 18.3. The van der Waals surface area contributed by atoms with Crippen LogP contribution in [0, 0.1) is 0 Å². The lowest BCUT2D eigenvalue weighted by atomic mass is 9.86. The van der Waals surface area contributed by atoms with Crippen molar-refractivity contribution in [2.24, 2.45) is 21.5 Å². The molecule has 8 N–H and O–H groups in total. The molecule has 1 fully saturated rings. The molecule has 15 heteroatoms. The molecular weight excluding hydrogens is 489 g/mol. The first-order valence-corrected chi connectivity index (χ1v) is 10.7. The predicted molar refractivity (Wildman–Crippen MR) is 116 cm³/mol. The van der Waals surface area contributed by atoms with E-state index in [9.17, 15) is 33.3 Å². The van der Waals surface area contributed by atoms with Crippen molar-refractivity contribution < 1.29 is 42.4 Å². The lowest BCUT2D eigenvalue weighted by Crippen LogP contribution is -2.77. The summed E-state index contributed by atoms with van der Waals surface area (Å²) in [7, 11) is 0. The van der Waals surface area contributed by atoms with Crippen LogP contribution < -0.4 is 16.8 Å². The molecule has 4 heterocycles. The zero-order valence-corrected chi connectivity index (χ0v) is 18.3. The number of alkyl halides is 3. The Balaban J connectivity index is 1.42. The molecule has 192 valence electrons. The largest absolute Gasteiger partial charge is 0.449 e. The minimum Gasteiger partial charge on any atom is -0.449 e. The van der Waals surface area contributed by atoms with Crippen molar-refractivity contribution in [1.82, 2.24) is 10.2 Å². The number of halogens is 3. The summed E-state index contributed by atoms with van der Waals surface area (Å²) in [5.74, 6) is -5.08. The summed E-state index contributed by atoms with van der Waals surface area (Å²) in [6.45, 7) is -0.891. The van der Waals surface area contributed by atoms with E-state index in [4.69, 9.17) is 20.6 Å². The number of aliphatic imine (C=N–C) groups is 2. The number of carbonyl (C=O) groups is 1. The minimum absolute atomic E-state index is 0.174. The van der Waals surface area contributed by atoms with Gasteiger partial charge < -0.3 is 46.2 Å². The number of rotatable bonds is 4. The van der Waals surface area contributed by atoms with Crippen LogP contribution in [0.5, 0.6) is 0 Å². The molecule has 12 nitrogen and oxygen atoms in total. The average Bonchev–Trinajstić information content (AvgIpc) is 3.49. The maximum Gasteiger partial charge on any atom is 0.417 e. The molecule has 1 unspecified atom stereocenters. The van der Waals surface area contributed by atoms with Gasteiger partial charge in [0.25, 0.3) is 0 Å². The fraction of sp³-hybridized carbons (Fsp3) is 0.381. The average molecular weight is 510 g/mol. The molecule has 1 spiro atoms. The van der Waals surface area contributed by atoms with E-state index in [1.165, 1.54) is 29.2 Å². The number of ether oxygens (including phenoxy) is 1. The number of hydrogen-bond acceptors (Lipinski definition) is 12. The third-order valence-electron chi connectivity index (χ3n) is 6.49. The first kappa shape index (κ1) is 23.9. The molecule has 1 aromatic carbocycles. The van der Waals surface area contributed by atoms with Crippen molar-refractivity contribution >= 4 is 17.9 Å². The highest BCUT2D eigenvalue weighted by Crippen LogP contribution is 2.46. The van der Waals surface area contributed by atoms with E-state index in [-0.39, 0.29) is 29.8 Å². The summed E-state index contributed by atoms with van der Waals surface area (Å²) < 4.78 is 50.7. The highest BCUT2D eigenvalue weighted by molar-refractivity contribution is 5.89. The lowest BCUT2D eigenvalue weighted by molar-refractivity contribution is -0.257. The van der Waals surface area contributed by atoms with Gasteiger partial charge in [-0.3, -0.25) is 0 Å². The molecule has 2 aromatic rings. The van der Waals surface area contributed by atoms with Gasteiger partial charge in [0, 0.05) is 5.56 Å². The molecule has 0 bridgehead atoms. The van der Waals surface area contributed by atoms with Crippen LogP contribution >= 0.6 is 0 Å². The van der Waals surface area contributed by atoms with Crippen molar-refractivity contribution in [1.29, 1.82) is 0 Å². The Morgan fingerprint density at radius 3 is 2.64 bits per heavy atom. The summed E-state index contributed by atoms with van der Waals surface area (Å²) in [5, 5.41) is 34.7. The van der Waals surface area contributed by atoms with Gasteiger partial charge in [-0.1, -0.05) is 18.2 Å². The second-order valence-electron chi connectivity index (χ2n) is 8.53. The minimum atomic E-state index is -4.66. The Morgan fingerprint density at radius 2 is 1.94 bits per heavy atom. The maximum absolute atomic E-state index is 13.4. The van der Waals surface area contributed by atoms with E-state index in [0.717, 1.165) is 12.1 Å². The van der Waals surface area contributed by atoms with Crippen molar-refractivity contribution in [3.63, 3.8) is 0 Å². The molecule has 3 aliphatic heterocycles. The summed E-state index contributed by atoms with van der Waals surface area (Å²) in [5.41, 5.74) is 8.62. The fourth-order valence-electron chi connectivity index (χ4n) is 4.90. The van der Waals surface area contributed by atoms with Crippen LogP contribution in [-0.4, -0.2) is 80.9 Å². The fourth-order valence-corrected chi connectivity index (χ4v) is 4.90. The van der Waals surface area contributed by atoms with Crippen molar-refractivity contribution in [2.75, 3.05) is 13.2 Å². The predicted octanol–water partition coefficient (Wildman–Crippen LogP) is -0.841. The van der Waals surface area contributed by atoms with Gasteiger partial charge in [-0.05, 0) is 18.2 Å². The Bertz CT molecular complexity index is 1280. The van der Waals surface area contributed by atoms with Crippen LogP contribution in [-0.2, 0) is 10.9 Å². The Morgan fingerprint density at radius 1 is 1.22 bits per heavy atom. The number of esters is 1. The van der Waals surface area contributed by atoms with Gasteiger partial charge in [0.05, 0.1) is 18.7 Å². The van der Waals surface area contributed by atoms with Gasteiger partial charge in [0.1, 0.15) is 17.8 Å². The highest BCUT2D eigenvalue weighted by Gasteiger charge is 2.74. The van der Waals surface area contributed by atoms with E-state index in [1.54, 1.807) is 0 Å². The third kappa shape index (κ3) is 3.30. The van der Waals surface area contributed by atoms with Crippen molar-refractivity contribution in [2.45, 2.75) is 35.8 Å². The number of benzene rings is 1. The second kappa shape index (κ2) is 7.84. The normalized spacial score (nSPS) is 28.6. The third-order valence-corrected chi connectivity index (χ3v) is 6.49. The lowest BCUT2D eigenvalue weighted by Gasteiger charge is -2.48. The Hall–Kier alpha value is -3.82. The van der Waals surface area contributed by atoms with Crippen LogP contribution in [0.3, 0.4) is 0 Å². The number of nitrogens with one attached hydrogen (secondary N) is 1. The molecule has 1 aromatic heterocycles. The van der Waals surface area contributed by atoms with Gasteiger partial charge in [-0.15, -0.1) is 0 Å². The van der Waals surface area contributed by atoms with E-state index in [0.29, 0.717) is 0 Å². The SMILES string of the molecule is NC1=NC2[C@H](CO)N=C(N)N3C[C@H](OC(=O)c4ccc(-c5ccccc5C(F)(F)F)o4)C(O)(O)[C@]23N1. The first-order valence-electron chi connectivity index (χ1n) is 10.7. The van der Waals surface area contributed by atoms with Gasteiger partial charge in [0.15, 0.2) is 23.7 Å². The summed E-state index contributed by atoms with van der Waals surface area (Å²) in [6.07, 6.45) is -6.31. The molecule has 0 radical (unpaired) electrons. The number of aliphatic hydroxyl groups is 3. The van der Waals surface area contributed by atoms with Gasteiger partial charge >= 0.3 is 12.1 Å². The van der Waals surface area contributed by atoms with Crippen LogP contribution in [0.2, 0.25) is 0 Å². The molecule has 0 saturated carbocycles. The Kier molecular flexibility index (Phi) is 5.21. The number of furan rings is 1. The molecule has 0 aliphatic carbocycles. The van der Waals surface area contributed by atoms with Crippen LogP contribution in [0.15, 0.2) is 50.8 Å². The van der Waals surface area contributed by atoms with Gasteiger partial charge in [-0.2, -0.15) is 13.2 Å². The quantitative estimate of drug-likeness (QED) is 0.223. The standard InChI is InChI=1S/C21H21F3N6O6/c22-21(23,24)10-4-2-1-3-9(10)12-5-6-13(35-12)16(32)36-14-7-30-18(26)27-11(8-31)15-19(30,20(14,33)34)29-17(25)28-15/h1-6,11,14-15,31,33-34H,7-8H2,(H2,26,27)(H3,25,28,29)/t11-,14-,15?,19-/m0/s1. The molecule has 5 rings (SSSR count). The summed E-state index contributed by atoms with van der Waals surface area (Å²) >= 11 is 0. The Labute approximate surface area is 200 Å². The molecule has 36 heavy (non-hydrogen) atoms. The van der Waals surface area contributed by atoms with Crippen molar-refractivity contribution in [3.8, 4) is 11.3 Å². The summed E-state index contributed by atoms with van der Waals surface area (Å²) in [4.78, 5) is 22.3. The van der Waals surface area contributed by atoms with Gasteiger partial charge in [-0.25, -0.2) is 14.8 Å². The maximum atomic E-state index is 13.4. The summed E-state index contributed by atoms with van der Waals surface area (Å²) in [6, 6.07) is 4.88. The topological polar surface area (TPSA) is 192 Å². The van der Waals surface area contributed by atoms with Crippen LogP contribution in [0.4, 0.5) is 13.2 Å². The molecule has 4 atom stereocenters. The first-order chi connectivity index (χ1) is 16.9. The molecule has 1 saturated heterocycles. The molecular formula is C21H21F3N6O6. The van der Waals surface area contributed by atoms with Crippen LogP contribution in [0.25, 0.3) is 11.3 Å². The number of aliphatic hydroxyl groups excluding tert-OH is 1. The van der Waals surface area contributed by atoms with E-state index in [2.05, 4.69) is 15.3 Å². The van der Waals surface area contributed by atoms with Crippen LogP contribution in [0.1, 0.15) is 16.1 Å². The number of nitrogens with two attached hydrogens (primary N) is 2. The second-order valence-corrected chi connectivity index (χ2v) is 8.53. The smallest absolute Gasteiger partial charge is 0.417 e. The number of hydrogen-bond donors (Lipinski definition) is 6. The zero-order chi connectivity index (χ0) is 26.0. The van der Waals surface area contributed by atoms with E-state index < -0.39 is 59.7 Å². The number of nitrogens with zero attached hydrogens (tertiary/aromatic N) is 3.